The zero-order valence-corrected chi connectivity index (χ0v) is 12.5. The number of hydrogen-bond donors (Lipinski definition) is 0. The van der Waals surface area contributed by atoms with E-state index in [1.54, 1.807) is 0 Å². The summed E-state index contributed by atoms with van der Waals surface area (Å²) < 4.78 is 5.68. The Morgan fingerprint density at radius 1 is 1.37 bits per heavy atom. The Morgan fingerprint density at radius 2 is 2.16 bits per heavy atom. The van der Waals surface area contributed by atoms with E-state index in [9.17, 15) is 0 Å². The molecule has 1 saturated heterocycles. The Balaban J connectivity index is 2.10. The average Bonchev–Trinajstić information content (AvgIpc) is 2.64. The van der Waals surface area contributed by atoms with Gasteiger partial charge in [0.15, 0.2) is 0 Å². The van der Waals surface area contributed by atoms with Gasteiger partial charge in [0.1, 0.15) is 0 Å². The van der Waals surface area contributed by atoms with Crippen molar-refractivity contribution in [3.05, 3.63) is 24.0 Å². The number of hydrogen-bond acceptors (Lipinski definition) is 4. The molecular weight excluding hydrogens is 238 g/mol. The summed E-state index contributed by atoms with van der Waals surface area (Å²) in [7, 11) is 4.22. The summed E-state index contributed by atoms with van der Waals surface area (Å²) in [5, 5.41) is 0. The number of likely N-dealkylation sites (N-methyl/N-ethyl adjacent to an activating group) is 1. The smallest absolute Gasteiger partial charge is 0.0642 e. The molecule has 0 spiro atoms. The van der Waals surface area contributed by atoms with Gasteiger partial charge < -0.3 is 14.5 Å². The highest BCUT2D eigenvalue weighted by molar-refractivity contribution is 5.45. The monoisotopic (exact) mass is 263 g/mol. The van der Waals surface area contributed by atoms with Gasteiger partial charge in [0, 0.05) is 24.8 Å². The molecule has 1 aliphatic rings. The van der Waals surface area contributed by atoms with Gasteiger partial charge in [0.25, 0.3) is 0 Å². The number of ether oxygens (including phenoxy) is 1. The first-order chi connectivity index (χ1) is 9.08. The molecule has 0 radical (unpaired) electrons. The van der Waals surface area contributed by atoms with Crippen LogP contribution in [0.3, 0.4) is 0 Å². The predicted octanol–water partition coefficient (Wildman–Crippen LogP) is 1.97. The number of aromatic nitrogens is 1. The highest BCUT2D eigenvalue weighted by Crippen LogP contribution is 2.19. The van der Waals surface area contributed by atoms with Crippen molar-refractivity contribution in [3.63, 3.8) is 0 Å². The fourth-order valence-corrected chi connectivity index (χ4v) is 2.27. The van der Waals surface area contributed by atoms with Gasteiger partial charge in [-0.1, -0.05) is 13.8 Å². The lowest BCUT2D eigenvalue weighted by Crippen LogP contribution is -2.41. The van der Waals surface area contributed by atoms with Crippen LogP contribution in [-0.4, -0.2) is 56.3 Å². The molecule has 19 heavy (non-hydrogen) atoms. The van der Waals surface area contributed by atoms with Gasteiger partial charge in [-0.05, 0) is 32.1 Å². The van der Waals surface area contributed by atoms with Gasteiger partial charge in [-0.25, -0.2) is 0 Å². The van der Waals surface area contributed by atoms with Crippen molar-refractivity contribution in [1.82, 2.24) is 9.88 Å². The fraction of sp³-hybridized carbons (Fsp3) is 0.667. The molecule has 1 fully saturated rings. The molecule has 0 amide bonds. The van der Waals surface area contributed by atoms with E-state index in [1.165, 1.54) is 5.69 Å². The highest BCUT2D eigenvalue weighted by atomic mass is 16.5. The number of anilines is 1. The quantitative estimate of drug-likeness (QED) is 0.833. The first kappa shape index (κ1) is 14.3. The maximum absolute atomic E-state index is 5.68. The second kappa shape index (κ2) is 6.35. The second-order valence-electron chi connectivity index (χ2n) is 5.73. The third-order valence-corrected chi connectivity index (χ3v) is 3.70. The lowest BCUT2D eigenvalue weighted by atomic mass is 10.1. The molecule has 0 N–H and O–H groups in total. The van der Waals surface area contributed by atoms with Crippen LogP contribution in [0, 0.1) is 0 Å². The Bertz CT molecular complexity index is 389. The van der Waals surface area contributed by atoms with E-state index in [0.29, 0.717) is 12.0 Å². The Kier molecular flexibility index (Phi) is 4.77. The van der Waals surface area contributed by atoms with Crippen LogP contribution in [0.25, 0.3) is 0 Å². The van der Waals surface area contributed by atoms with Crippen LogP contribution in [0.15, 0.2) is 18.3 Å². The molecular formula is C15H25N3O. The predicted molar refractivity (Wildman–Crippen MR) is 78.8 cm³/mol. The molecule has 2 heterocycles. The number of rotatable bonds is 3. The molecule has 4 heteroatoms. The lowest BCUT2D eigenvalue weighted by molar-refractivity contribution is 0.103. The largest absolute Gasteiger partial charge is 0.378 e. The molecule has 1 aromatic rings. The lowest BCUT2D eigenvalue weighted by Gasteiger charge is -2.29. The minimum Gasteiger partial charge on any atom is -0.378 e. The molecule has 4 nitrogen and oxygen atoms in total. The fourth-order valence-electron chi connectivity index (χ4n) is 2.27. The second-order valence-corrected chi connectivity index (χ2v) is 5.73. The minimum absolute atomic E-state index is 0.437. The third-order valence-electron chi connectivity index (χ3n) is 3.70. The molecule has 1 atom stereocenters. The topological polar surface area (TPSA) is 28.6 Å². The van der Waals surface area contributed by atoms with Crippen LogP contribution in [0.1, 0.15) is 25.5 Å². The minimum atomic E-state index is 0.437. The van der Waals surface area contributed by atoms with E-state index in [0.717, 1.165) is 32.0 Å². The molecule has 0 aliphatic carbocycles. The van der Waals surface area contributed by atoms with Crippen LogP contribution in [0.4, 0.5) is 5.69 Å². The maximum atomic E-state index is 5.68. The van der Waals surface area contributed by atoms with E-state index in [2.05, 4.69) is 54.9 Å². The van der Waals surface area contributed by atoms with Crippen LogP contribution in [0.2, 0.25) is 0 Å². The molecule has 0 aromatic carbocycles. The summed E-state index contributed by atoms with van der Waals surface area (Å²) in [6, 6.07) is 4.75. The first-order valence-electron chi connectivity index (χ1n) is 7.03. The normalized spacial score (nSPS) is 20.9. The van der Waals surface area contributed by atoms with Gasteiger partial charge in [0.05, 0.1) is 25.1 Å². The summed E-state index contributed by atoms with van der Waals surface area (Å²) in [5.41, 5.74) is 2.35. The Hall–Kier alpha value is -1.13. The molecule has 0 bridgehead atoms. The van der Waals surface area contributed by atoms with Gasteiger partial charge in [0.2, 0.25) is 0 Å². The van der Waals surface area contributed by atoms with Crippen LogP contribution in [-0.2, 0) is 4.74 Å². The van der Waals surface area contributed by atoms with Crippen LogP contribution >= 0.6 is 0 Å². The van der Waals surface area contributed by atoms with Crippen molar-refractivity contribution in [2.24, 2.45) is 0 Å². The first-order valence-corrected chi connectivity index (χ1v) is 7.03. The summed E-state index contributed by atoms with van der Waals surface area (Å²) in [4.78, 5) is 9.16. The van der Waals surface area contributed by atoms with Crippen molar-refractivity contribution in [2.75, 3.05) is 45.3 Å². The van der Waals surface area contributed by atoms with E-state index in [4.69, 9.17) is 4.74 Å². The van der Waals surface area contributed by atoms with Crippen molar-refractivity contribution in [2.45, 2.75) is 25.8 Å². The van der Waals surface area contributed by atoms with Crippen molar-refractivity contribution in [1.29, 1.82) is 0 Å². The highest BCUT2D eigenvalue weighted by Gasteiger charge is 2.20. The van der Waals surface area contributed by atoms with Gasteiger partial charge in [-0.2, -0.15) is 0 Å². The molecule has 0 saturated carbocycles. The van der Waals surface area contributed by atoms with Crippen LogP contribution in [0.5, 0.6) is 0 Å². The van der Waals surface area contributed by atoms with E-state index < -0.39 is 0 Å². The van der Waals surface area contributed by atoms with Crippen molar-refractivity contribution >= 4 is 5.69 Å². The molecule has 1 aliphatic heterocycles. The van der Waals surface area contributed by atoms with E-state index in [1.807, 2.05) is 6.20 Å². The maximum Gasteiger partial charge on any atom is 0.0642 e. The average molecular weight is 263 g/mol. The van der Waals surface area contributed by atoms with E-state index in [-0.39, 0.29) is 0 Å². The van der Waals surface area contributed by atoms with Gasteiger partial charge >= 0.3 is 0 Å². The van der Waals surface area contributed by atoms with Crippen molar-refractivity contribution < 1.29 is 4.74 Å². The van der Waals surface area contributed by atoms with E-state index >= 15 is 0 Å². The molecule has 0 unspecified atom stereocenters. The Labute approximate surface area is 116 Å². The summed E-state index contributed by atoms with van der Waals surface area (Å²) in [5.74, 6) is 0.482. The standard InChI is InChI=1S/C15H25N3O/c1-12(2)15-6-5-13(9-16-15)18-7-8-19-11-14(10-18)17(3)4/h5-6,9,12,14H,7-8,10-11H2,1-4H3/t14-/m1/s1. The van der Waals surface area contributed by atoms with Gasteiger partial charge in [-0.15, -0.1) is 0 Å². The van der Waals surface area contributed by atoms with Crippen molar-refractivity contribution in [3.8, 4) is 0 Å². The number of nitrogens with zero attached hydrogens (tertiary/aromatic N) is 3. The van der Waals surface area contributed by atoms with Crippen LogP contribution < -0.4 is 4.90 Å². The van der Waals surface area contributed by atoms with Gasteiger partial charge in [-0.3, -0.25) is 4.98 Å². The molecule has 1 aromatic heterocycles. The SMILES string of the molecule is CC(C)c1ccc(N2CCOC[C@H](N(C)C)C2)cn1. The Morgan fingerprint density at radius 3 is 2.74 bits per heavy atom. The zero-order valence-electron chi connectivity index (χ0n) is 12.5. The summed E-state index contributed by atoms with van der Waals surface area (Å²) in [6.07, 6.45) is 1.99. The zero-order chi connectivity index (χ0) is 13.8. The molecule has 2 rings (SSSR count). The third kappa shape index (κ3) is 3.67. The molecule has 106 valence electrons. The summed E-state index contributed by atoms with van der Waals surface area (Å²) >= 11 is 0. The number of pyridine rings is 1. The summed E-state index contributed by atoms with van der Waals surface area (Å²) in [6.45, 7) is 7.87.